The number of rotatable bonds is 5. The molecule has 1 rings (SSSR count). The molecule has 0 bridgehead atoms. The molecule has 4 nitrogen and oxygen atoms in total. The average molecular weight is 296 g/mol. The zero-order valence-electron chi connectivity index (χ0n) is 9.85. The second kappa shape index (κ2) is 6.42. The van der Waals surface area contributed by atoms with Gasteiger partial charge in [0.05, 0.1) is 6.54 Å². The van der Waals surface area contributed by atoms with Crippen LogP contribution in [0.1, 0.15) is 5.56 Å². The summed E-state index contributed by atoms with van der Waals surface area (Å²) >= 11 is 0. The van der Waals surface area contributed by atoms with Gasteiger partial charge in [-0.2, -0.15) is 13.2 Å². The highest BCUT2D eigenvalue weighted by Gasteiger charge is 2.39. The van der Waals surface area contributed by atoms with Gasteiger partial charge >= 0.3 is 12.1 Å². The standard InChI is InChI=1S/C11H9F5N2O2/c12-7-3-6(5-17-1-2-19)4-8(13)9(7)18-10(20)11(14,15)16/h2-4,17H,1,5H2,(H,18,20). The Hall–Kier alpha value is -2.03. The van der Waals surface area contributed by atoms with Gasteiger partial charge in [-0.3, -0.25) is 4.79 Å². The van der Waals surface area contributed by atoms with Crippen molar-refractivity contribution in [2.75, 3.05) is 11.9 Å². The molecule has 9 heteroatoms. The minimum absolute atomic E-state index is 0.0458. The van der Waals surface area contributed by atoms with Crippen LogP contribution < -0.4 is 10.6 Å². The smallest absolute Gasteiger partial charge is 0.313 e. The largest absolute Gasteiger partial charge is 0.471 e. The molecule has 0 heterocycles. The number of nitrogens with one attached hydrogen (secondary N) is 2. The van der Waals surface area contributed by atoms with E-state index in [2.05, 4.69) is 5.32 Å². The quantitative estimate of drug-likeness (QED) is 0.494. The summed E-state index contributed by atoms with van der Waals surface area (Å²) in [7, 11) is 0. The van der Waals surface area contributed by atoms with Crippen LogP contribution in [0.25, 0.3) is 0 Å². The van der Waals surface area contributed by atoms with Crippen LogP contribution in [0.3, 0.4) is 0 Å². The Morgan fingerprint density at radius 3 is 2.20 bits per heavy atom. The van der Waals surface area contributed by atoms with Crippen molar-refractivity contribution >= 4 is 17.9 Å². The normalized spacial score (nSPS) is 11.2. The molecule has 0 aliphatic rings. The van der Waals surface area contributed by atoms with E-state index < -0.39 is 29.4 Å². The summed E-state index contributed by atoms with van der Waals surface area (Å²) in [6.45, 7) is -0.101. The number of benzene rings is 1. The average Bonchev–Trinajstić information content (AvgIpc) is 2.32. The highest BCUT2D eigenvalue weighted by molar-refractivity contribution is 5.95. The molecule has 1 aromatic rings. The monoisotopic (exact) mass is 296 g/mol. The number of hydrogen-bond acceptors (Lipinski definition) is 3. The van der Waals surface area contributed by atoms with Crippen LogP contribution in [0.2, 0.25) is 0 Å². The fourth-order valence-electron chi connectivity index (χ4n) is 1.31. The number of halogens is 5. The lowest BCUT2D eigenvalue weighted by atomic mass is 10.2. The fourth-order valence-corrected chi connectivity index (χ4v) is 1.31. The maximum absolute atomic E-state index is 13.4. The molecule has 0 saturated carbocycles. The van der Waals surface area contributed by atoms with Gasteiger partial charge in [0, 0.05) is 6.54 Å². The molecule has 0 fully saturated rings. The van der Waals surface area contributed by atoms with E-state index in [-0.39, 0.29) is 18.7 Å². The Morgan fingerprint density at radius 2 is 1.75 bits per heavy atom. The van der Waals surface area contributed by atoms with Crippen molar-refractivity contribution in [3.05, 3.63) is 29.3 Å². The molecule has 0 unspecified atom stereocenters. The highest BCUT2D eigenvalue weighted by Crippen LogP contribution is 2.24. The van der Waals surface area contributed by atoms with E-state index in [1.54, 1.807) is 0 Å². The summed E-state index contributed by atoms with van der Waals surface area (Å²) in [4.78, 5) is 20.6. The number of alkyl halides is 3. The van der Waals surface area contributed by atoms with Gasteiger partial charge in [0.1, 0.15) is 23.6 Å². The molecule has 0 aromatic heterocycles. The van der Waals surface area contributed by atoms with E-state index in [0.717, 1.165) is 17.4 Å². The molecule has 0 radical (unpaired) electrons. The minimum atomic E-state index is -5.25. The SMILES string of the molecule is O=CCNCc1cc(F)c(NC(=O)C(F)(F)F)c(F)c1. The van der Waals surface area contributed by atoms with Gasteiger partial charge in [-0.1, -0.05) is 0 Å². The van der Waals surface area contributed by atoms with Gasteiger partial charge in [0.2, 0.25) is 0 Å². The molecule has 1 aromatic carbocycles. The van der Waals surface area contributed by atoms with Crippen molar-refractivity contribution in [2.24, 2.45) is 0 Å². The van der Waals surface area contributed by atoms with E-state index in [0.29, 0.717) is 6.29 Å². The van der Waals surface area contributed by atoms with Crippen LogP contribution in [-0.4, -0.2) is 24.9 Å². The third-order valence-corrected chi connectivity index (χ3v) is 2.15. The van der Waals surface area contributed by atoms with E-state index >= 15 is 0 Å². The molecule has 0 aliphatic heterocycles. The van der Waals surface area contributed by atoms with Crippen molar-refractivity contribution in [1.29, 1.82) is 0 Å². The predicted molar refractivity (Wildman–Crippen MR) is 58.8 cm³/mol. The van der Waals surface area contributed by atoms with Gasteiger partial charge in [-0.15, -0.1) is 0 Å². The van der Waals surface area contributed by atoms with E-state index in [9.17, 15) is 31.5 Å². The van der Waals surface area contributed by atoms with E-state index in [1.807, 2.05) is 0 Å². The van der Waals surface area contributed by atoms with Gasteiger partial charge in [-0.25, -0.2) is 8.78 Å². The molecule has 0 aliphatic carbocycles. The number of anilines is 1. The zero-order chi connectivity index (χ0) is 15.3. The van der Waals surface area contributed by atoms with Gasteiger partial charge in [-0.05, 0) is 17.7 Å². The first kappa shape index (κ1) is 16.0. The maximum atomic E-state index is 13.4. The molecule has 2 N–H and O–H groups in total. The lowest BCUT2D eigenvalue weighted by Gasteiger charge is -2.11. The Balaban J connectivity index is 2.89. The fraction of sp³-hybridized carbons (Fsp3) is 0.273. The second-order valence-electron chi connectivity index (χ2n) is 3.68. The number of amides is 1. The Morgan fingerprint density at radius 1 is 1.20 bits per heavy atom. The summed E-state index contributed by atoms with van der Waals surface area (Å²) < 4.78 is 62.8. The summed E-state index contributed by atoms with van der Waals surface area (Å²) in [5.74, 6) is -5.15. The number of aldehydes is 1. The van der Waals surface area contributed by atoms with Crippen molar-refractivity contribution in [2.45, 2.75) is 12.7 Å². The van der Waals surface area contributed by atoms with Crippen LogP contribution in [-0.2, 0) is 16.1 Å². The molecule has 20 heavy (non-hydrogen) atoms. The topological polar surface area (TPSA) is 58.2 Å². The molecule has 1 amide bonds. The third kappa shape index (κ3) is 4.26. The van der Waals surface area contributed by atoms with Gasteiger partial charge < -0.3 is 15.4 Å². The first-order chi connectivity index (χ1) is 9.25. The molecule has 0 spiro atoms. The van der Waals surface area contributed by atoms with Crippen molar-refractivity contribution in [3.8, 4) is 0 Å². The van der Waals surface area contributed by atoms with Gasteiger partial charge in [0.15, 0.2) is 0 Å². The van der Waals surface area contributed by atoms with E-state index in [1.165, 1.54) is 0 Å². The van der Waals surface area contributed by atoms with Crippen molar-refractivity contribution < 1.29 is 31.5 Å². The van der Waals surface area contributed by atoms with Crippen molar-refractivity contribution in [1.82, 2.24) is 5.32 Å². The second-order valence-corrected chi connectivity index (χ2v) is 3.68. The van der Waals surface area contributed by atoms with Crippen LogP contribution in [0.15, 0.2) is 12.1 Å². The first-order valence-electron chi connectivity index (χ1n) is 5.26. The molecule has 110 valence electrons. The van der Waals surface area contributed by atoms with Crippen LogP contribution >= 0.6 is 0 Å². The predicted octanol–water partition coefficient (Wildman–Crippen LogP) is 1.75. The third-order valence-electron chi connectivity index (χ3n) is 2.15. The maximum Gasteiger partial charge on any atom is 0.471 e. The van der Waals surface area contributed by atoms with Crippen LogP contribution in [0.5, 0.6) is 0 Å². The first-order valence-corrected chi connectivity index (χ1v) is 5.26. The number of carbonyl (C=O) groups is 2. The summed E-state index contributed by atoms with van der Waals surface area (Å²) in [6, 6.07) is 1.51. The summed E-state index contributed by atoms with van der Waals surface area (Å²) in [5.41, 5.74) is -1.10. The Bertz CT molecular complexity index is 493. The Kier molecular flexibility index (Phi) is 5.14. The number of hydrogen-bond donors (Lipinski definition) is 2. The molecular formula is C11H9F5N2O2. The minimum Gasteiger partial charge on any atom is -0.313 e. The van der Waals surface area contributed by atoms with Gasteiger partial charge in [0.25, 0.3) is 0 Å². The highest BCUT2D eigenvalue weighted by atomic mass is 19.4. The lowest BCUT2D eigenvalue weighted by molar-refractivity contribution is -0.167. The lowest BCUT2D eigenvalue weighted by Crippen LogP contribution is -2.30. The van der Waals surface area contributed by atoms with Crippen molar-refractivity contribution in [3.63, 3.8) is 0 Å². The molecular weight excluding hydrogens is 287 g/mol. The van der Waals surface area contributed by atoms with E-state index in [4.69, 9.17) is 0 Å². The number of carbonyl (C=O) groups excluding carboxylic acids is 2. The summed E-state index contributed by atoms with van der Waals surface area (Å²) in [6.07, 6.45) is -4.71. The van der Waals surface area contributed by atoms with Crippen LogP contribution in [0, 0.1) is 11.6 Å². The van der Waals surface area contributed by atoms with Crippen LogP contribution in [0.4, 0.5) is 27.6 Å². The molecule has 0 atom stereocenters. The zero-order valence-corrected chi connectivity index (χ0v) is 9.85. The molecule has 0 saturated heterocycles. The Labute approximate surface area is 110 Å². The summed E-state index contributed by atoms with van der Waals surface area (Å²) in [5, 5.41) is 3.64.